The lowest BCUT2D eigenvalue weighted by atomic mass is 10.1. The van der Waals surface area contributed by atoms with Gasteiger partial charge in [0.15, 0.2) is 0 Å². The number of hydrogen-bond donors (Lipinski definition) is 3. The normalized spacial score (nSPS) is 12.0. The second-order valence-corrected chi connectivity index (χ2v) is 2.66. The molecule has 1 atom stereocenters. The first-order valence-corrected chi connectivity index (χ1v) is 3.69. The van der Waals surface area contributed by atoms with Gasteiger partial charge in [0, 0.05) is 12.2 Å². The van der Waals surface area contributed by atoms with Crippen LogP contribution in [0.4, 0.5) is 0 Å². The first-order chi connectivity index (χ1) is 6.13. The Bertz CT molecular complexity index is 351. The molecule has 0 fully saturated rings. The third-order valence-corrected chi connectivity index (χ3v) is 1.65. The number of nitrogens with one attached hydrogen (secondary N) is 1. The van der Waals surface area contributed by atoms with Crippen molar-refractivity contribution in [2.75, 3.05) is 0 Å². The van der Waals surface area contributed by atoms with Crippen molar-refractivity contribution in [1.29, 1.82) is 5.26 Å². The van der Waals surface area contributed by atoms with Gasteiger partial charge in [0.05, 0.1) is 6.42 Å². The van der Waals surface area contributed by atoms with Gasteiger partial charge in [-0.2, -0.15) is 5.26 Å². The quantitative estimate of drug-likeness (QED) is 0.623. The number of rotatable bonds is 3. The SMILES string of the molecule is N#Cc1cc([C@H](N)CC(=O)O)c[nH]1. The summed E-state index contributed by atoms with van der Waals surface area (Å²) in [6.45, 7) is 0. The van der Waals surface area contributed by atoms with Crippen LogP contribution in [0.3, 0.4) is 0 Å². The molecule has 4 N–H and O–H groups in total. The molecule has 0 amide bonds. The van der Waals surface area contributed by atoms with Gasteiger partial charge in [0.1, 0.15) is 11.8 Å². The summed E-state index contributed by atoms with van der Waals surface area (Å²) in [4.78, 5) is 13.0. The molecule has 0 spiro atoms. The third-order valence-electron chi connectivity index (χ3n) is 1.65. The van der Waals surface area contributed by atoms with Gasteiger partial charge in [-0.15, -0.1) is 0 Å². The van der Waals surface area contributed by atoms with E-state index in [-0.39, 0.29) is 6.42 Å². The number of carbonyl (C=O) groups is 1. The maximum atomic E-state index is 10.3. The van der Waals surface area contributed by atoms with Crippen LogP contribution in [0.25, 0.3) is 0 Å². The van der Waals surface area contributed by atoms with Crippen molar-refractivity contribution in [3.05, 3.63) is 23.5 Å². The Morgan fingerprint density at radius 1 is 1.85 bits per heavy atom. The molecule has 1 rings (SSSR count). The van der Waals surface area contributed by atoms with E-state index in [1.165, 1.54) is 0 Å². The topological polar surface area (TPSA) is 103 Å². The molecule has 0 radical (unpaired) electrons. The Labute approximate surface area is 74.8 Å². The standard InChI is InChI=1S/C8H9N3O2/c9-3-6-1-5(4-11-6)7(10)2-8(12)13/h1,4,7,11H,2,10H2,(H,12,13)/t7-/m1/s1. The minimum Gasteiger partial charge on any atom is -0.481 e. The zero-order valence-corrected chi connectivity index (χ0v) is 6.82. The van der Waals surface area contributed by atoms with Crippen LogP contribution in [-0.2, 0) is 4.79 Å². The molecule has 0 saturated heterocycles. The molecule has 0 aliphatic heterocycles. The highest BCUT2D eigenvalue weighted by Crippen LogP contribution is 2.14. The van der Waals surface area contributed by atoms with E-state index < -0.39 is 12.0 Å². The van der Waals surface area contributed by atoms with Crippen molar-refractivity contribution >= 4 is 5.97 Å². The van der Waals surface area contributed by atoms with Gasteiger partial charge in [-0.1, -0.05) is 0 Å². The third kappa shape index (κ3) is 2.32. The van der Waals surface area contributed by atoms with Crippen molar-refractivity contribution in [2.24, 2.45) is 5.73 Å². The Kier molecular flexibility index (Phi) is 2.67. The van der Waals surface area contributed by atoms with Gasteiger partial charge < -0.3 is 15.8 Å². The van der Waals surface area contributed by atoms with E-state index in [1.54, 1.807) is 12.3 Å². The zero-order chi connectivity index (χ0) is 9.84. The molecule has 5 heteroatoms. The van der Waals surface area contributed by atoms with Gasteiger partial charge >= 0.3 is 5.97 Å². The number of carboxylic acids is 1. The molecule has 1 heterocycles. The molecule has 13 heavy (non-hydrogen) atoms. The highest BCUT2D eigenvalue weighted by Gasteiger charge is 2.11. The number of H-pyrrole nitrogens is 1. The molecule has 5 nitrogen and oxygen atoms in total. The highest BCUT2D eigenvalue weighted by molar-refractivity contribution is 5.67. The molecule has 68 valence electrons. The van der Waals surface area contributed by atoms with E-state index in [4.69, 9.17) is 16.1 Å². The number of carboxylic acid groups (broad SMARTS) is 1. The summed E-state index contributed by atoms with van der Waals surface area (Å²) < 4.78 is 0. The lowest BCUT2D eigenvalue weighted by molar-refractivity contribution is -0.137. The van der Waals surface area contributed by atoms with E-state index in [1.807, 2.05) is 6.07 Å². The van der Waals surface area contributed by atoms with Crippen molar-refractivity contribution in [2.45, 2.75) is 12.5 Å². The fraction of sp³-hybridized carbons (Fsp3) is 0.250. The van der Waals surface area contributed by atoms with Crippen LogP contribution in [0.15, 0.2) is 12.3 Å². The van der Waals surface area contributed by atoms with Crippen molar-refractivity contribution < 1.29 is 9.90 Å². The maximum Gasteiger partial charge on any atom is 0.305 e. The maximum absolute atomic E-state index is 10.3. The minimum atomic E-state index is -0.952. The number of aliphatic carboxylic acids is 1. The summed E-state index contributed by atoms with van der Waals surface area (Å²) >= 11 is 0. The molecular formula is C8H9N3O2. The summed E-state index contributed by atoms with van der Waals surface area (Å²) in [5.41, 5.74) is 6.58. The predicted molar refractivity (Wildman–Crippen MR) is 44.7 cm³/mol. The van der Waals surface area contributed by atoms with Crippen LogP contribution in [0.2, 0.25) is 0 Å². The van der Waals surface area contributed by atoms with E-state index in [2.05, 4.69) is 4.98 Å². The highest BCUT2D eigenvalue weighted by atomic mass is 16.4. The number of nitrogens with zero attached hydrogens (tertiary/aromatic N) is 1. The predicted octanol–water partition coefficient (Wildman–Crippen LogP) is 0.361. The molecule has 0 aromatic carbocycles. The zero-order valence-electron chi connectivity index (χ0n) is 6.82. The van der Waals surface area contributed by atoms with Gasteiger partial charge in [0.2, 0.25) is 0 Å². The number of hydrogen-bond acceptors (Lipinski definition) is 3. The van der Waals surface area contributed by atoms with Crippen LogP contribution in [0.5, 0.6) is 0 Å². The van der Waals surface area contributed by atoms with Gasteiger partial charge in [-0.3, -0.25) is 4.79 Å². The first kappa shape index (κ1) is 9.29. The van der Waals surface area contributed by atoms with Crippen LogP contribution in [-0.4, -0.2) is 16.1 Å². The number of aromatic amines is 1. The van der Waals surface area contributed by atoms with Crippen LogP contribution >= 0.6 is 0 Å². The molecule has 0 saturated carbocycles. The van der Waals surface area contributed by atoms with E-state index in [0.717, 1.165) is 0 Å². The second-order valence-electron chi connectivity index (χ2n) is 2.66. The Hall–Kier alpha value is -1.80. The Morgan fingerprint density at radius 3 is 3.00 bits per heavy atom. The average Bonchev–Trinajstić information content (AvgIpc) is 2.50. The second kappa shape index (κ2) is 3.74. The van der Waals surface area contributed by atoms with Crippen molar-refractivity contribution in [3.63, 3.8) is 0 Å². The first-order valence-electron chi connectivity index (χ1n) is 3.69. The van der Waals surface area contributed by atoms with Gasteiger partial charge in [-0.05, 0) is 11.6 Å². The van der Waals surface area contributed by atoms with Gasteiger partial charge in [-0.25, -0.2) is 0 Å². The lowest BCUT2D eigenvalue weighted by Gasteiger charge is -2.04. The molecule has 0 bridgehead atoms. The van der Waals surface area contributed by atoms with Crippen LogP contribution in [0, 0.1) is 11.3 Å². The van der Waals surface area contributed by atoms with Crippen LogP contribution in [0.1, 0.15) is 23.7 Å². The number of nitrogens with two attached hydrogens (primary N) is 1. The monoisotopic (exact) mass is 179 g/mol. The Morgan fingerprint density at radius 2 is 2.54 bits per heavy atom. The molecule has 0 unspecified atom stereocenters. The number of nitriles is 1. The smallest absolute Gasteiger partial charge is 0.305 e. The summed E-state index contributed by atoms with van der Waals surface area (Å²) in [5, 5.41) is 16.9. The molecule has 0 aliphatic rings. The summed E-state index contributed by atoms with van der Waals surface area (Å²) in [5.74, 6) is -0.952. The molecule has 1 aromatic rings. The minimum absolute atomic E-state index is 0.136. The lowest BCUT2D eigenvalue weighted by Crippen LogP contribution is -2.14. The van der Waals surface area contributed by atoms with Crippen molar-refractivity contribution in [1.82, 2.24) is 4.98 Å². The summed E-state index contributed by atoms with van der Waals surface area (Å²) in [6, 6.07) is 2.89. The summed E-state index contributed by atoms with van der Waals surface area (Å²) in [6.07, 6.45) is 1.41. The summed E-state index contributed by atoms with van der Waals surface area (Å²) in [7, 11) is 0. The largest absolute Gasteiger partial charge is 0.481 e. The fourth-order valence-corrected chi connectivity index (χ4v) is 0.996. The Balaban J connectivity index is 2.72. The molecule has 0 aliphatic carbocycles. The van der Waals surface area contributed by atoms with Gasteiger partial charge in [0.25, 0.3) is 0 Å². The fourth-order valence-electron chi connectivity index (χ4n) is 0.996. The van der Waals surface area contributed by atoms with E-state index in [0.29, 0.717) is 11.3 Å². The molecular weight excluding hydrogens is 170 g/mol. The average molecular weight is 179 g/mol. The molecule has 1 aromatic heterocycles. The number of aromatic nitrogens is 1. The van der Waals surface area contributed by atoms with Crippen molar-refractivity contribution in [3.8, 4) is 6.07 Å². The van der Waals surface area contributed by atoms with E-state index in [9.17, 15) is 4.79 Å². The van der Waals surface area contributed by atoms with E-state index >= 15 is 0 Å². The van der Waals surface area contributed by atoms with Crippen LogP contribution < -0.4 is 5.73 Å².